The van der Waals surface area contributed by atoms with Crippen LogP contribution >= 0.6 is 15.9 Å². The normalized spacial score (nSPS) is 24.2. The molecular weight excluding hydrogens is 326 g/mol. The Labute approximate surface area is 123 Å². The van der Waals surface area contributed by atoms with Gasteiger partial charge in [-0.25, -0.2) is 8.42 Å². The average Bonchev–Trinajstić information content (AvgIpc) is 2.33. The van der Waals surface area contributed by atoms with Crippen LogP contribution in [0.4, 0.5) is 5.69 Å². The van der Waals surface area contributed by atoms with Crippen molar-refractivity contribution in [2.75, 3.05) is 11.6 Å². The lowest BCUT2D eigenvalue weighted by atomic mass is 9.94. The van der Waals surface area contributed by atoms with Crippen molar-refractivity contribution in [3.63, 3.8) is 0 Å². The fraction of sp³-hybridized carbons (Fsp3) is 0.571. The van der Waals surface area contributed by atoms with Gasteiger partial charge in [-0.15, -0.1) is 0 Å². The average molecular weight is 346 g/mol. The van der Waals surface area contributed by atoms with Gasteiger partial charge in [0.15, 0.2) is 0 Å². The molecule has 2 unspecified atom stereocenters. The van der Waals surface area contributed by atoms with Crippen LogP contribution in [0, 0.1) is 6.92 Å². The van der Waals surface area contributed by atoms with Crippen molar-refractivity contribution in [3.8, 4) is 0 Å². The topological polar surface area (TPSA) is 46.2 Å². The van der Waals surface area contributed by atoms with Crippen LogP contribution in [0.2, 0.25) is 0 Å². The minimum absolute atomic E-state index is 0.189. The van der Waals surface area contributed by atoms with E-state index in [0.717, 1.165) is 29.4 Å². The Balaban J connectivity index is 2.09. The van der Waals surface area contributed by atoms with Gasteiger partial charge in [-0.1, -0.05) is 28.4 Å². The lowest BCUT2D eigenvalue weighted by molar-refractivity contribution is 0.453. The highest BCUT2D eigenvalue weighted by atomic mass is 79.9. The highest BCUT2D eigenvalue weighted by molar-refractivity contribution is 9.10. The molecule has 1 aliphatic rings. The predicted molar refractivity (Wildman–Crippen MR) is 83.4 cm³/mol. The molecule has 1 fully saturated rings. The zero-order valence-electron chi connectivity index (χ0n) is 11.3. The Bertz CT molecular complexity index is 557. The van der Waals surface area contributed by atoms with Gasteiger partial charge in [0.2, 0.25) is 0 Å². The van der Waals surface area contributed by atoms with Crippen molar-refractivity contribution in [3.05, 3.63) is 28.2 Å². The van der Waals surface area contributed by atoms with E-state index in [1.54, 1.807) is 0 Å². The fourth-order valence-corrected chi connectivity index (χ4v) is 4.17. The molecule has 1 aromatic rings. The second kappa shape index (κ2) is 5.83. The number of hydrogen-bond acceptors (Lipinski definition) is 3. The molecule has 2 rings (SSSR count). The van der Waals surface area contributed by atoms with Crippen molar-refractivity contribution in [1.29, 1.82) is 0 Å². The van der Waals surface area contributed by atoms with Crippen LogP contribution in [0.1, 0.15) is 31.2 Å². The third-order valence-electron chi connectivity index (χ3n) is 3.79. The summed E-state index contributed by atoms with van der Waals surface area (Å²) in [7, 11) is -2.92. The lowest BCUT2D eigenvalue weighted by Crippen LogP contribution is -2.34. The molecule has 0 heterocycles. The molecule has 2 atom stereocenters. The Kier molecular flexibility index (Phi) is 4.56. The molecule has 0 saturated heterocycles. The molecular formula is C14H20BrNO2S. The Morgan fingerprint density at radius 3 is 2.74 bits per heavy atom. The van der Waals surface area contributed by atoms with Gasteiger partial charge in [0.25, 0.3) is 0 Å². The van der Waals surface area contributed by atoms with Crippen molar-refractivity contribution < 1.29 is 8.42 Å². The summed E-state index contributed by atoms with van der Waals surface area (Å²) in [6, 6.07) is 6.38. The van der Waals surface area contributed by atoms with E-state index in [4.69, 9.17) is 0 Å². The highest BCUT2D eigenvalue weighted by Crippen LogP contribution is 2.28. The molecule has 1 aromatic carbocycles. The van der Waals surface area contributed by atoms with Crippen LogP contribution in [0.3, 0.4) is 0 Å². The van der Waals surface area contributed by atoms with Crippen LogP contribution < -0.4 is 5.32 Å². The smallest absolute Gasteiger partial charge is 0.150 e. The Hall–Kier alpha value is -0.550. The zero-order valence-corrected chi connectivity index (χ0v) is 13.7. The van der Waals surface area contributed by atoms with E-state index >= 15 is 0 Å². The maximum atomic E-state index is 11.7. The van der Waals surface area contributed by atoms with E-state index in [2.05, 4.69) is 40.3 Å². The van der Waals surface area contributed by atoms with Crippen LogP contribution in [0.15, 0.2) is 22.7 Å². The SMILES string of the molecule is Cc1ccc(Br)cc1NC1CCCC(S(C)(=O)=O)C1. The molecule has 0 bridgehead atoms. The van der Waals surface area contributed by atoms with E-state index in [-0.39, 0.29) is 11.3 Å². The molecule has 19 heavy (non-hydrogen) atoms. The number of aryl methyl sites for hydroxylation is 1. The first-order chi connectivity index (χ1) is 8.86. The molecule has 1 saturated carbocycles. The molecule has 5 heteroatoms. The first-order valence-electron chi connectivity index (χ1n) is 6.58. The first kappa shape index (κ1) is 14.9. The quantitative estimate of drug-likeness (QED) is 0.911. The van der Waals surface area contributed by atoms with Gasteiger partial charge in [0, 0.05) is 22.5 Å². The summed E-state index contributed by atoms with van der Waals surface area (Å²) in [4.78, 5) is 0. The Morgan fingerprint density at radius 1 is 1.32 bits per heavy atom. The molecule has 0 amide bonds. The summed E-state index contributed by atoms with van der Waals surface area (Å²) >= 11 is 3.47. The molecule has 1 aliphatic carbocycles. The van der Waals surface area contributed by atoms with Gasteiger partial charge in [0.05, 0.1) is 5.25 Å². The largest absolute Gasteiger partial charge is 0.382 e. The van der Waals surface area contributed by atoms with Crippen molar-refractivity contribution in [2.24, 2.45) is 0 Å². The summed E-state index contributed by atoms with van der Waals surface area (Å²) in [5.41, 5.74) is 2.28. The number of sulfone groups is 1. The first-order valence-corrected chi connectivity index (χ1v) is 9.32. The van der Waals surface area contributed by atoms with Crippen molar-refractivity contribution in [2.45, 2.75) is 43.9 Å². The number of hydrogen-bond donors (Lipinski definition) is 1. The summed E-state index contributed by atoms with van der Waals surface area (Å²) < 4.78 is 24.4. The molecule has 0 aromatic heterocycles. The molecule has 106 valence electrons. The van der Waals surface area contributed by atoms with E-state index in [1.807, 2.05) is 6.07 Å². The van der Waals surface area contributed by atoms with Crippen LogP contribution in [-0.2, 0) is 9.84 Å². The highest BCUT2D eigenvalue weighted by Gasteiger charge is 2.28. The molecule has 0 radical (unpaired) electrons. The monoisotopic (exact) mass is 345 g/mol. The number of benzene rings is 1. The van der Waals surface area contributed by atoms with Crippen LogP contribution in [0.25, 0.3) is 0 Å². The van der Waals surface area contributed by atoms with Gasteiger partial charge in [0.1, 0.15) is 9.84 Å². The maximum Gasteiger partial charge on any atom is 0.150 e. The summed E-state index contributed by atoms with van der Waals surface area (Å²) in [6.45, 7) is 2.06. The number of rotatable bonds is 3. The summed E-state index contributed by atoms with van der Waals surface area (Å²) in [6.07, 6.45) is 4.88. The number of nitrogens with one attached hydrogen (secondary N) is 1. The molecule has 3 nitrogen and oxygen atoms in total. The third-order valence-corrected chi connectivity index (χ3v) is 5.92. The summed E-state index contributed by atoms with van der Waals surface area (Å²) in [5.74, 6) is 0. The molecule has 0 spiro atoms. The van der Waals surface area contributed by atoms with Gasteiger partial charge in [-0.2, -0.15) is 0 Å². The van der Waals surface area contributed by atoms with Crippen LogP contribution in [-0.4, -0.2) is 26.0 Å². The lowest BCUT2D eigenvalue weighted by Gasteiger charge is -2.30. The standard InChI is InChI=1S/C14H20BrNO2S/c1-10-6-7-11(15)8-14(10)16-12-4-3-5-13(9-12)19(2,17)18/h6-8,12-13,16H,3-5,9H2,1-2H3. The van der Waals surface area contributed by atoms with E-state index in [0.29, 0.717) is 6.42 Å². The van der Waals surface area contributed by atoms with E-state index in [9.17, 15) is 8.42 Å². The molecule has 0 aliphatic heterocycles. The second-order valence-electron chi connectivity index (χ2n) is 5.42. The maximum absolute atomic E-state index is 11.7. The van der Waals surface area contributed by atoms with Gasteiger partial charge >= 0.3 is 0 Å². The second-order valence-corrected chi connectivity index (χ2v) is 8.66. The van der Waals surface area contributed by atoms with Gasteiger partial charge in [-0.05, 0) is 43.9 Å². The minimum Gasteiger partial charge on any atom is -0.382 e. The zero-order chi connectivity index (χ0) is 14.0. The number of anilines is 1. The predicted octanol–water partition coefficient (Wildman–Crippen LogP) is 3.53. The van der Waals surface area contributed by atoms with E-state index < -0.39 is 9.84 Å². The number of halogens is 1. The minimum atomic E-state index is -2.92. The van der Waals surface area contributed by atoms with Crippen molar-refractivity contribution in [1.82, 2.24) is 0 Å². The van der Waals surface area contributed by atoms with Gasteiger partial charge in [-0.3, -0.25) is 0 Å². The Morgan fingerprint density at radius 2 is 2.05 bits per heavy atom. The van der Waals surface area contributed by atoms with Gasteiger partial charge < -0.3 is 5.32 Å². The third kappa shape index (κ3) is 3.96. The fourth-order valence-electron chi connectivity index (χ4n) is 2.63. The van der Waals surface area contributed by atoms with Crippen LogP contribution in [0.5, 0.6) is 0 Å². The summed E-state index contributed by atoms with van der Waals surface area (Å²) in [5, 5.41) is 3.31. The molecule has 1 N–H and O–H groups in total. The van der Waals surface area contributed by atoms with Crippen molar-refractivity contribution >= 4 is 31.5 Å². The van der Waals surface area contributed by atoms with E-state index in [1.165, 1.54) is 11.8 Å².